The van der Waals surface area contributed by atoms with Gasteiger partial charge in [0, 0.05) is 36.6 Å². The van der Waals surface area contributed by atoms with E-state index in [0.29, 0.717) is 13.1 Å². The van der Waals surface area contributed by atoms with E-state index in [9.17, 15) is 0 Å². The van der Waals surface area contributed by atoms with Crippen LogP contribution in [0.15, 0.2) is 132 Å². The van der Waals surface area contributed by atoms with Crippen LogP contribution in [0.3, 0.4) is 0 Å². The van der Waals surface area contributed by atoms with Crippen molar-refractivity contribution in [2.24, 2.45) is 9.98 Å². The highest BCUT2D eigenvalue weighted by Crippen LogP contribution is 2.30. The first-order chi connectivity index (χ1) is 18.8. The molecule has 0 radical (unpaired) electrons. The molecular formula is C34H30Br2N4. The summed E-state index contributed by atoms with van der Waals surface area (Å²) in [7, 11) is 0. The minimum Gasteiger partial charge on any atom is -0.343 e. The Morgan fingerprint density at radius 2 is 0.925 bits per heavy atom. The number of hydrogen-bond donors (Lipinski definition) is 0. The highest BCUT2D eigenvalue weighted by molar-refractivity contribution is 8.93. The third-order valence-electron chi connectivity index (χ3n) is 7.39. The summed E-state index contributed by atoms with van der Waals surface area (Å²) in [6.45, 7) is 2.91. The minimum atomic E-state index is 0. The van der Waals surface area contributed by atoms with E-state index in [-0.39, 0.29) is 34.0 Å². The Balaban J connectivity index is 0.00000161. The fourth-order valence-electron chi connectivity index (χ4n) is 5.42. The predicted molar refractivity (Wildman–Crippen MR) is 178 cm³/mol. The van der Waals surface area contributed by atoms with Crippen LogP contribution in [0, 0.1) is 0 Å². The second kappa shape index (κ2) is 12.2. The van der Waals surface area contributed by atoms with Crippen molar-refractivity contribution >= 4 is 56.8 Å². The molecule has 4 aromatic carbocycles. The van der Waals surface area contributed by atoms with Crippen LogP contribution in [0.1, 0.15) is 33.4 Å². The van der Waals surface area contributed by atoms with Gasteiger partial charge in [-0.05, 0) is 46.5 Å². The van der Waals surface area contributed by atoms with Gasteiger partial charge in [-0.25, -0.2) is 0 Å². The molecular weight excluding hydrogens is 624 g/mol. The van der Waals surface area contributed by atoms with Gasteiger partial charge in [-0.2, -0.15) is 0 Å². The highest BCUT2D eigenvalue weighted by Gasteiger charge is 2.19. The SMILES string of the molecule is Br.Br.C1=CN2Cc3cccc(c3)CN3C=CC(=NCc4ccc(cc4)CN=C1c1ccccc12)c1ccccc13. The van der Waals surface area contributed by atoms with E-state index in [1.165, 1.54) is 44.8 Å². The zero-order valence-corrected chi connectivity index (χ0v) is 25.4. The molecule has 0 unspecified atom stereocenters. The van der Waals surface area contributed by atoms with E-state index in [1.54, 1.807) is 0 Å². The smallest absolute Gasteiger partial charge is 0.0686 e. The first kappa shape index (κ1) is 27.8. The predicted octanol–water partition coefficient (Wildman–Crippen LogP) is 8.20. The lowest BCUT2D eigenvalue weighted by Gasteiger charge is -2.28. The second-order valence-electron chi connectivity index (χ2n) is 9.96. The van der Waals surface area contributed by atoms with Crippen molar-refractivity contribution in [3.8, 4) is 0 Å². The molecule has 0 fully saturated rings. The van der Waals surface area contributed by atoms with Crippen molar-refractivity contribution in [1.82, 2.24) is 0 Å². The molecule has 10 rings (SSSR count). The maximum atomic E-state index is 4.99. The van der Waals surface area contributed by atoms with E-state index in [1.807, 2.05) is 0 Å². The lowest BCUT2D eigenvalue weighted by Crippen LogP contribution is -2.23. The number of aliphatic imine (C=N–C) groups is 2. The molecule has 0 saturated carbocycles. The Labute approximate surface area is 256 Å². The molecule has 0 atom stereocenters. The van der Waals surface area contributed by atoms with E-state index in [4.69, 9.17) is 9.98 Å². The molecule has 0 saturated heterocycles. The quantitative estimate of drug-likeness (QED) is 0.192. The molecule has 40 heavy (non-hydrogen) atoms. The molecule has 6 heterocycles. The Hall–Kier alpha value is -3.74. The molecule has 0 amide bonds. The van der Waals surface area contributed by atoms with Gasteiger partial charge in [-0.15, -0.1) is 34.0 Å². The monoisotopic (exact) mass is 652 g/mol. The molecule has 6 aliphatic rings. The molecule has 6 aliphatic heterocycles. The molecule has 0 N–H and O–H groups in total. The average molecular weight is 654 g/mol. The summed E-state index contributed by atoms with van der Waals surface area (Å²) in [4.78, 5) is 14.6. The Morgan fingerprint density at radius 3 is 1.40 bits per heavy atom. The summed E-state index contributed by atoms with van der Waals surface area (Å²) in [6, 6.07) is 34.7. The molecule has 200 valence electrons. The zero-order chi connectivity index (χ0) is 25.3. The molecule has 0 aliphatic carbocycles. The van der Waals surface area contributed by atoms with E-state index < -0.39 is 0 Å². The number of para-hydroxylation sites is 2. The van der Waals surface area contributed by atoms with Crippen LogP contribution in [0.4, 0.5) is 11.4 Å². The van der Waals surface area contributed by atoms with Gasteiger partial charge < -0.3 is 9.80 Å². The lowest BCUT2D eigenvalue weighted by molar-refractivity contribution is 0.932. The van der Waals surface area contributed by atoms with E-state index >= 15 is 0 Å². The van der Waals surface area contributed by atoms with Gasteiger partial charge in [0.2, 0.25) is 0 Å². The highest BCUT2D eigenvalue weighted by atomic mass is 79.9. The number of fused-ring (bicyclic) bond motifs is 1. The fourth-order valence-corrected chi connectivity index (χ4v) is 5.42. The number of benzene rings is 4. The fraction of sp³-hybridized carbons (Fsp3) is 0.118. The molecule has 4 aromatic rings. The van der Waals surface area contributed by atoms with Crippen LogP contribution in [0.5, 0.6) is 0 Å². The normalized spacial score (nSPS) is 15.2. The third-order valence-corrected chi connectivity index (χ3v) is 7.39. The van der Waals surface area contributed by atoms with Gasteiger partial charge in [0.05, 0.1) is 35.9 Å². The molecule has 0 aromatic heterocycles. The number of allylic oxidation sites excluding steroid dienone is 2. The number of anilines is 2. The Bertz CT molecular complexity index is 1520. The van der Waals surface area contributed by atoms with Crippen LogP contribution in [0.25, 0.3) is 0 Å². The Morgan fingerprint density at radius 1 is 0.475 bits per heavy atom. The lowest BCUT2D eigenvalue weighted by atomic mass is 10.0. The summed E-state index contributed by atoms with van der Waals surface area (Å²) >= 11 is 0. The zero-order valence-electron chi connectivity index (χ0n) is 22.0. The van der Waals surface area contributed by atoms with Crippen LogP contribution in [-0.2, 0) is 26.2 Å². The van der Waals surface area contributed by atoms with Gasteiger partial charge >= 0.3 is 0 Å². The van der Waals surface area contributed by atoms with Crippen molar-refractivity contribution in [2.75, 3.05) is 9.80 Å². The van der Waals surface area contributed by atoms with E-state index in [0.717, 1.165) is 24.5 Å². The first-order valence-corrected chi connectivity index (χ1v) is 13.1. The largest absolute Gasteiger partial charge is 0.343 e. The summed E-state index contributed by atoms with van der Waals surface area (Å²) in [5, 5.41) is 0. The van der Waals surface area contributed by atoms with Crippen molar-refractivity contribution in [1.29, 1.82) is 0 Å². The number of hydrogen-bond acceptors (Lipinski definition) is 4. The molecule has 6 heteroatoms. The summed E-state index contributed by atoms with van der Waals surface area (Å²) < 4.78 is 0. The van der Waals surface area contributed by atoms with Crippen LogP contribution < -0.4 is 9.80 Å². The van der Waals surface area contributed by atoms with Crippen LogP contribution >= 0.6 is 34.0 Å². The topological polar surface area (TPSA) is 31.2 Å². The minimum absolute atomic E-state index is 0. The van der Waals surface area contributed by atoms with Crippen molar-refractivity contribution in [3.05, 3.63) is 155 Å². The molecule has 4 nitrogen and oxygen atoms in total. The number of halogens is 2. The average Bonchev–Trinajstić information content (AvgIpc) is 2.97. The van der Waals surface area contributed by atoms with Crippen molar-refractivity contribution < 1.29 is 0 Å². The number of rotatable bonds is 0. The van der Waals surface area contributed by atoms with Crippen LogP contribution in [-0.4, -0.2) is 11.4 Å². The van der Waals surface area contributed by atoms with Gasteiger partial charge in [0.1, 0.15) is 0 Å². The van der Waals surface area contributed by atoms with Gasteiger partial charge in [0.25, 0.3) is 0 Å². The first-order valence-electron chi connectivity index (χ1n) is 13.1. The number of nitrogens with zero attached hydrogens (tertiary/aromatic N) is 4. The van der Waals surface area contributed by atoms with Gasteiger partial charge in [-0.1, -0.05) is 84.9 Å². The summed E-state index contributed by atoms with van der Waals surface area (Å²) in [6.07, 6.45) is 8.63. The second-order valence-corrected chi connectivity index (χ2v) is 9.96. The summed E-state index contributed by atoms with van der Waals surface area (Å²) in [5.74, 6) is 0. The van der Waals surface area contributed by atoms with Gasteiger partial charge in [-0.3, -0.25) is 9.98 Å². The molecule has 8 bridgehead atoms. The standard InChI is InChI=1S/C34H28N4.2BrH/c1-3-10-33-29(8-1)31-16-18-37(33)23-27-6-5-7-28(20-27)24-38-19-17-32(30-9-2-4-11-34(30)38)36-22-26-14-12-25(13-15-26)21-35-31;;/h1-20H,21-24H2;2*1H. The third kappa shape index (κ3) is 5.60. The van der Waals surface area contributed by atoms with Crippen molar-refractivity contribution in [3.63, 3.8) is 0 Å². The summed E-state index contributed by atoms with van der Waals surface area (Å²) in [5.41, 5.74) is 11.8. The Kier molecular flexibility index (Phi) is 8.48. The van der Waals surface area contributed by atoms with Crippen LogP contribution in [0.2, 0.25) is 0 Å². The van der Waals surface area contributed by atoms with Crippen molar-refractivity contribution in [2.45, 2.75) is 26.2 Å². The molecule has 0 spiro atoms. The van der Waals surface area contributed by atoms with E-state index in [2.05, 4.69) is 131 Å². The maximum absolute atomic E-state index is 4.99. The maximum Gasteiger partial charge on any atom is 0.0686 e. The van der Waals surface area contributed by atoms with Gasteiger partial charge in [0.15, 0.2) is 0 Å².